The molecule has 0 atom stereocenters. The summed E-state index contributed by atoms with van der Waals surface area (Å²) in [6.45, 7) is 0.112. The van der Waals surface area contributed by atoms with E-state index in [1.54, 1.807) is 18.2 Å². The zero-order chi connectivity index (χ0) is 15.4. The average molecular weight is 313 g/mol. The van der Waals surface area contributed by atoms with Crippen LogP contribution in [0.2, 0.25) is 5.02 Å². The van der Waals surface area contributed by atoms with E-state index < -0.39 is 5.97 Å². The molecule has 5 heteroatoms. The quantitative estimate of drug-likeness (QED) is 0.417. The second-order valence-electron chi connectivity index (χ2n) is 4.76. The lowest BCUT2D eigenvalue weighted by atomic mass is 10.2. The highest BCUT2D eigenvalue weighted by Crippen LogP contribution is 2.15. The predicted molar refractivity (Wildman–Crippen MR) is 87.1 cm³/mol. The predicted octanol–water partition coefficient (Wildman–Crippen LogP) is 3.87. The molecule has 22 heavy (non-hydrogen) atoms. The molecule has 110 valence electrons. The Hall–Kier alpha value is -2.59. The molecule has 3 rings (SSSR count). The maximum absolute atomic E-state index is 11.8. The van der Waals surface area contributed by atoms with Gasteiger partial charge in [0, 0.05) is 16.7 Å². The Morgan fingerprint density at radius 1 is 1.18 bits per heavy atom. The van der Waals surface area contributed by atoms with Gasteiger partial charge in [-0.15, -0.1) is 0 Å². The summed E-state index contributed by atoms with van der Waals surface area (Å²) >= 11 is 5.86. The molecule has 0 N–H and O–H groups in total. The van der Waals surface area contributed by atoms with Gasteiger partial charge in [0.15, 0.2) is 0 Å². The van der Waals surface area contributed by atoms with Crippen LogP contribution in [0.1, 0.15) is 5.56 Å². The van der Waals surface area contributed by atoms with Gasteiger partial charge in [0.25, 0.3) is 0 Å². The van der Waals surface area contributed by atoms with Crippen LogP contribution in [-0.4, -0.2) is 16.8 Å². The molecule has 0 amide bonds. The van der Waals surface area contributed by atoms with E-state index in [1.807, 2.05) is 47.2 Å². The molecule has 0 aliphatic heterocycles. The number of para-hydroxylation sites is 1. The first-order valence-corrected chi connectivity index (χ1v) is 7.13. The second-order valence-corrected chi connectivity index (χ2v) is 5.19. The van der Waals surface area contributed by atoms with E-state index in [0.717, 1.165) is 16.5 Å². The highest BCUT2D eigenvalue weighted by atomic mass is 35.5. The monoisotopic (exact) mass is 312 g/mol. The number of halogens is 1. The van der Waals surface area contributed by atoms with Crippen molar-refractivity contribution in [3.63, 3.8) is 0 Å². The van der Waals surface area contributed by atoms with Crippen molar-refractivity contribution in [2.45, 2.75) is 6.54 Å². The Morgan fingerprint density at radius 2 is 2.05 bits per heavy atom. The van der Waals surface area contributed by atoms with Gasteiger partial charge in [-0.2, -0.15) is 0 Å². The Bertz CT molecular complexity index is 839. The number of rotatable bonds is 4. The maximum atomic E-state index is 11.8. The van der Waals surface area contributed by atoms with Crippen LogP contribution in [0.5, 0.6) is 0 Å². The fourth-order valence-electron chi connectivity index (χ4n) is 2.18. The summed E-state index contributed by atoms with van der Waals surface area (Å²) in [6, 6.07) is 16.9. The molecule has 3 aromatic rings. The van der Waals surface area contributed by atoms with Gasteiger partial charge in [-0.25, -0.2) is 4.79 Å². The standard InChI is InChI=1S/C17H13ClN2O2/c18-15-6-3-4-13(10-15)11-19-22-17(21)12-20-9-8-14-5-1-2-7-16(14)20/h1-11H,12H2. The molecule has 0 radical (unpaired) electrons. The number of aromatic nitrogens is 1. The molecular weight excluding hydrogens is 300 g/mol. The van der Waals surface area contributed by atoms with Gasteiger partial charge < -0.3 is 9.40 Å². The molecule has 0 unspecified atom stereocenters. The van der Waals surface area contributed by atoms with E-state index in [0.29, 0.717) is 5.02 Å². The zero-order valence-corrected chi connectivity index (χ0v) is 12.4. The largest absolute Gasteiger partial charge is 0.354 e. The summed E-state index contributed by atoms with van der Waals surface area (Å²) in [7, 11) is 0. The van der Waals surface area contributed by atoms with Crippen LogP contribution in [0, 0.1) is 0 Å². The third kappa shape index (κ3) is 3.35. The van der Waals surface area contributed by atoms with Crippen molar-refractivity contribution >= 4 is 34.7 Å². The molecule has 0 fully saturated rings. The van der Waals surface area contributed by atoms with Gasteiger partial charge in [0.2, 0.25) is 0 Å². The number of carbonyl (C=O) groups excluding carboxylic acids is 1. The SMILES string of the molecule is O=C(Cn1ccc2ccccc21)ON=Cc1cccc(Cl)c1. The topological polar surface area (TPSA) is 43.6 Å². The first-order valence-electron chi connectivity index (χ1n) is 6.75. The first kappa shape index (κ1) is 14.4. The minimum atomic E-state index is -0.431. The highest BCUT2D eigenvalue weighted by molar-refractivity contribution is 6.30. The number of carbonyl (C=O) groups is 1. The molecule has 0 saturated carbocycles. The molecule has 1 heterocycles. The third-order valence-corrected chi connectivity index (χ3v) is 3.42. The lowest BCUT2D eigenvalue weighted by Gasteiger charge is -2.02. The normalized spacial score (nSPS) is 11.1. The summed E-state index contributed by atoms with van der Waals surface area (Å²) < 4.78 is 1.83. The maximum Gasteiger partial charge on any atom is 0.354 e. The lowest BCUT2D eigenvalue weighted by Crippen LogP contribution is -2.10. The minimum Gasteiger partial charge on any atom is -0.336 e. The summed E-state index contributed by atoms with van der Waals surface area (Å²) in [5.74, 6) is -0.431. The van der Waals surface area contributed by atoms with Crippen LogP contribution < -0.4 is 0 Å². The molecular formula is C17H13ClN2O2. The van der Waals surface area contributed by atoms with Crippen LogP contribution in [0.4, 0.5) is 0 Å². The summed E-state index contributed by atoms with van der Waals surface area (Å²) in [6.07, 6.45) is 3.31. The van der Waals surface area contributed by atoms with Gasteiger partial charge >= 0.3 is 5.97 Å². The Morgan fingerprint density at radius 3 is 2.91 bits per heavy atom. The average Bonchev–Trinajstić information content (AvgIpc) is 2.91. The first-order chi connectivity index (χ1) is 10.7. The van der Waals surface area contributed by atoms with Crippen molar-refractivity contribution in [3.05, 3.63) is 71.4 Å². The van der Waals surface area contributed by atoms with Crippen molar-refractivity contribution in [3.8, 4) is 0 Å². The van der Waals surface area contributed by atoms with E-state index in [4.69, 9.17) is 16.4 Å². The van der Waals surface area contributed by atoms with Gasteiger partial charge in [-0.1, -0.05) is 47.1 Å². The minimum absolute atomic E-state index is 0.112. The third-order valence-electron chi connectivity index (χ3n) is 3.18. The van der Waals surface area contributed by atoms with Crippen LogP contribution in [0.25, 0.3) is 10.9 Å². The van der Waals surface area contributed by atoms with Gasteiger partial charge in [0.05, 0.1) is 6.21 Å². The fourth-order valence-corrected chi connectivity index (χ4v) is 2.38. The Kier molecular flexibility index (Phi) is 4.21. The van der Waals surface area contributed by atoms with Crippen LogP contribution in [0.15, 0.2) is 65.9 Å². The highest BCUT2D eigenvalue weighted by Gasteiger charge is 2.06. The number of oxime groups is 1. The zero-order valence-electron chi connectivity index (χ0n) is 11.6. The molecule has 0 aliphatic rings. The Labute approximate surface area is 132 Å². The Balaban J connectivity index is 1.63. The van der Waals surface area contributed by atoms with Crippen LogP contribution in [-0.2, 0) is 16.2 Å². The van der Waals surface area contributed by atoms with Gasteiger partial charge in [-0.3, -0.25) is 0 Å². The van der Waals surface area contributed by atoms with E-state index in [1.165, 1.54) is 6.21 Å². The van der Waals surface area contributed by atoms with Gasteiger partial charge in [0.1, 0.15) is 6.54 Å². The molecule has 0 saturated heterocycles. The molecule has 0 bridgehead atoms. The number of hydrogen-bond donors (Lipinski definition) is 0. The summed E-state index contributed by atoms with van der Waals surface area (Å²) in [5, 5.41) is 5.38. The lowest BCUT2D eigenvalue weighted by molar-refractivity contribution is -0.144. The fraction of sp³-hybridized carbons (Fsp3) is 0.0588. The van der Waals surface area contributed by atoms with E-state index in [-0.39, 0.29) is 6.54 Å². The molecule has 0 aliphatic carbocycles. The smallest absolute Gasteiger partial charge is 0.336 e. The van der Waals surface area contributed by atoms with E-state index >= 15 is 0 Å². The van der Waals surface area contributed by atoms with Crippen LogP contribution >= 0.6 is 11.6 Å². The molecule has 2 aromatic carbocycles. The summed E-state index contributed by atoms with van der Waals surface area (Å²) in [4.78, 5) is 16.7. The van der Waals surface area contributed by atoms with Crippen molar-refractivity contribution in [1.82, 2.24) is 4.57 Å². The van der Waals surface area contributed by atoms with E-state index in [2.05, 4.69) is 5.16 Å². The van der Waals surface area contributed by atoms with Crippen molar-refractivity contribution in [2.75, 3.05) is 0 Å². The summed E-state index contributed by atoms with van der Waals surface area (Å²) in [5.41, 5.74) is 1.75. The van der Waals surface area contributed by atoms with E-state index in [9.17, 15) is 4.79 Å². The number of hydrogen-bond acceptors (Lipinski definition) is 3. The van der Waals surface area contributed by atoms with Crippen molar-refractivity contribution < 1.29 is 9.63 Å². The number of nitrogens with zero attached hydrogens (tertiary/aromatic N) is 2. The van der Waals surface area contributed by atoms with Crippen molar-refractivity contribution in [1.29, 1.82) is 0 Å². The molecule has 0 spiro atoms. The van der Waals surface area contributed by atoms with Crippen LogP contribution in [0.3, 0.4) is 0 Å². The van der Waals surface area contributed by atoms with Gasteiger partial charge in [-0.05, 0) is 35.2 Å². The van der Waals surface area contributed by atoms with Crippen molar-refractivity contribution in [2.24, 2.45) is 5.16 Å². The number of benzene rings is 2. The molecule has 1 aromatic heterocycles. The number of fused-ring (bicyclic) bond motifs is 1. The molecule has 4 nitrogen and oxygen atoms in total. The second kappa shape index (κ2) is 6.45.